The molecule has 3 N–H and O–H groups in total. The number of benzene rings is 2. The van der Waals surface area contributed by atoms with E-state index in [9.17, 15) is 31.9 Å². The maximum Gasteiger partial charge on any atom is 0.416 e. The molecular weight excluding hydrogens is 518 g/mol. The molecule has 39 heavy (non-hydrogen) atoms. The van der Waals surface area contributed by atoms with Crippen molar-refractivity contribution in [1.82, 2.24) is 10.2 Å². The van der Waals surface area contributed by atoms with Crippen LogP contribution in [-0.2, 0) is 25.9 Å². The molecular formula is C28H27F4N3O4. The van der Waals surface area contributed by atoms with Crippen molar-refractivity contribution in [3.8, 4) is 0 Å². The lowest BCUT2D eigenvalue weighted by Crippen LogP contribution is -2.51. The van der Waals surface area contributed by atoms with E-state index in [1.54, 1.807) is 29.2 Å². The van der Waals surface area contributed by atoms with Crippen molar-refractivity contribution >= 4 is 17.7 Å². The van der Waals surface area contributed by atoms with Crippen LogP contribution in [0.5, 0.6) is 0 Å². The summed E-state index contributed by atoms with van der Waals surface area (Å²) < 4.78 is 59.3. The lowest BCUT2D eigenvalue weighted by atomic mass is 9.90. The number of carbonyl (C=O) groups is 3. The SMILES string of the molecule is NC(=O)C1(c2cccc(C(=O)N3[C@@H](C(=O)N[C@@H](c4ccc(C(F)(F)F)cc4F)C4COC4)C[C@H]4C[C@H]43)c2)CC1. The van der Waals surface area contributed by atoms with Gasteiger partial charge in [0.25, 0.3) is 5.91 Å². The zero-order valence-electron chi connectivity index (χ0n) is 20.8. The molecule has 11 heteroatoms. The van der Waals surface area contributed by atoms with Crippen molar-refractivity contribution < 1.29 is 36.7 Å². The number of hydrogen-bond acceptors (Lipinski definition) is 4. The van der Waals surface area contributed by atoms with Crippen LogP contribution in [0, 0.1) is 17.7 Å². The molecule has 7 nitrogen and oxygen atoms in total. The zero-order chi connectivity index (χ0) is 27.7. The van der Waals surface area contributed by atoms with Gasteiger partial charge in [-0.1, -0.05) is 18.2 Å². The fourth-order valence-corrected chi connectivity index (χ4v) is 5.98. The number of fused-ring (bicyclic) bond motifs is 1. The number of nitrogens with two attached hydrogens (primary N) is 1. The van der Waals surface area contributed by atoms with Crippen molar-refractivity contribution in [3.63, 3.8) is 0 Å². The van der Waals surface area contributed by atoms with Crippen molar-refractivity contribution in [2.24, 2.45) is 17.6 Å². The first kappa shape index (κ1) is 25.8. The van der Waals surface area contributed by atoms with E-state index in [-0.39, 0.29) is 42.6 Å². The number of primary amides is 1. The summed E-state index contributed by atoms with van der Waals surface area (Å²) in [4.78, 5) is 40.7. The molecule has 4 atom stereocenters. The predicted octanol–water partition coefficient (Wildman–Crippen LogP) is 3.47. The minimum absolute atomic E-state index is 0.0560. The normalized spacial score (nSPS) is 25.8. The zero-order valence-corrected chi connectivity index (χ0v) is 20.8. The van der Waals surface area contributed by atoms with Gasteiger partial charge in [-0.05, 0) is 61.4 Å². The van der Waals surface area contributed by atoms with E-state index in [1.165, 1.54) is 0 Å². The van der Waals surface area contributed by atoms with Crippen molar-refractivity contribution in [2.45, 2.75) is 55.4 Å². The minimum atomic E-state index is -4.70. The van der Waals surface area contributed by atoms with E-state index in [0.29, 0.717) is 36.5 Å². The molecule has 3 amide bonds. The third kappa shape index (κ3) is 4.46. The Bertz CT molecular complexity index is 1350. The van der Waals surface area contributed by atoms with Crippen LogP contribution < -0.4 is 11.1 Å². The van der Waals surface area contributed by atoms with Crippen molar-refractivity contribution in [2.75, 3.05) is 13.2 Å². The van der Waals surface area contributed by atoms with Gasteiger partial charge < -0.3 is 20.7 Å². The van der Waals surface area contributed by atoms with Crippen LogP contribution in [0.15, 0.2) is 42.5 Å². The molecule has 2 saturated heterocycles. The van der Waals surface area contributed by atoms with Crippen LogP contribution in [0.3, 0.4) is 0 Å². The summed E-state index contributed by atoms with van der Waals surface area (Å²) in [6, 6.07) is 7.23. The maximum absolute atomic E-state index is 14.9. The number of piperidine rings is 1. The van der Waals surface area contributed by atoms with E-state index in [4.69, 9.17) is 10.5 Å². The Morgan fingerprint density at radius 1 is 1.08 bits per heavy atom. The second kappa shape index (κ2) is 9.04. The predicted molar refractivity (Wildman–Crippen MR) is 130 cm³/mol. The Balaban J connectivity index is 1.24. The Morgan fingerprint density at radius 3 is 2.41 bits per heavy atom. The Morgan fingerprint density at radius 2 is 1.82 bits per heavy atom. The van der Waals surface area contributed by atoms with Gasteiger partial charge in [0.2, 0.25) is 11.8 Å². The van der Waals surface area contributed by atoms with Crippen LogP contribution in [0.4, 0.5) is 17.6 Å². The van der Waals surface area contributed by atoms with Crippen LogP contribution in [0.2, 0.25) is 0 Å². The number of carbonyl (C=O) groups excluding carboxylic acids is 3. The van der Waals surface area contributed by atoms with Gasteiger partial charge in [-0.15, -0.1) is 0 Å². The van der Waals surface area contributed by atoms with Crippen molar-refractivity contribution in [3.05, 3.63) is 70.5 Å². The topological polar surface area (TPSA) is 102 Å². The summed E-state index contributed by atoms with van der Waals surface area (Å²) in [5.41, 5.74) is 4.70. The van der Waals surface area contributed by atoms with Crippen LogP contribution in [0.25, 0.3) is 0 Å². The Labute approximate surface area is 221 Å². The molecule has 2 aliphatic heterocycles. The number of alkyl halides is 3. The highest BCUT2D eigenvalue weighted by atomic mass is 19.4. The first-order chi connectivity index (χ1) is 18.5. The number of ether oxygens (including phenoxy) is 1. The summed E-state index contributed by atoms with van der Waals surface area (Å²) in [7, 11) is 0. The quantitative estimate of drug-likeness (QED) is 0.521. The number of hydrogen-bond donors (Lipinski definition) is 2. The molecule has 2 aromatic carbocycles. The molecule has 6 rings (SSSR count). The molecule has 0 bridgehead atoms. The molecule has 2 saturated carbocycles. The van der Waals surface area contributed by atoms with Crippen LogP contribution >= 0.6 is 0 Å². The average Bonchev–Trinajstić information content (AvgIpc) is 3.78. The highest BCUT2D eigenvalue weighted by Crippen LogP contribution is 2.50. The molecule has 2 aromatic rings. The van der Waals surface area contributed by atoms with E-state index in [0.717, 1.165) is 18.6 Å². The monoisotopic (exact) mass is 545 g/mol. The van der Waals surface area contributed by atoms with E-state index in [2.05, 4.69) is 5.32 Å². The standard InChI is InChI=1S/C28H27F4N3O4/c29-20-11-18(28(30,31)32)4-5-19(20)23(16-12-39-13-16)34-24(36)22-10-15-9-21(15)35(22)25(37)14-2-1-3-17(8-14)27(6-7-27)26(33)38/h1-5,8,11,15-16,21-23H,6-7,9-10,12-13H2,(H2,33,38)(H,34,36)/t15-,21-,22-,23-/m1/s1. The number of nitrogens with one attached hydrogen (secondary N) is 1. The summed E-state index contributed by atoms with van der Waals surface area (Å²) in [6.07, 6.45) is -2.25. The van der Waals surface area contributed by atoms with Gasteiger partial charge in [0.05, 0.1) is 30.2 Å². The smallest absolute Gasteiger partial charge is 0.381 e. The van der Waals surface area contributed by atoms with Crippen molar-refractivity contribution in [1.29, 1.82) is 0 Å². The van der Waals surface area contributed by atoms with Crippen LogP contribution in [-0.4, -0.2) is 47.9 Å². The Kier molecular flexibility index (Phi) is 5.98. The van der Waals surface area contributed by atoms with Gasteiger partial charge in [0.1, 0.15) is 11.9 Å². The highest BCUT2D eigenvalue weighted by molar-refractivity contribution is 5.99. The minimum Gasteiger partial charge on any atom is -0.381 e. The first-order valence-electron chi connectivity index (χ1n) is 13.0. The summed E-state index contributed by atoms with van der Waals surface area (Å²) in [5.74, 6) is -2.48. The van der Waals surface area contributed by atoms with Gasteiger partial charge in [0, 0.05) is 23.1 Å². The molecule has 206 valence electrons. The molecule has 2 heterocycles. The number of nitrogens with zero attached hydrogens (tertiary/aromatic N) is 1. The molecule has 0 spiro atoms. The third-order valence-corrected chi connectivity index (χ3v) is 8.62. The number of rotatable bonds is 7. The van der Waals surface area contributed by atoms with Crippen LogP contribution in [0.1, 0.15) is 58.8 Å². The number of halogens is 4. The van der Waals surface area contributed by atoms with Gasteiger partial charge in [-0.25, -0.2) is 4.39 Å². The lowest BCUT2D eigenvalue weighted by molar-refractivity contribution is -0.138. The van der Waals surface area contributed by atoms with Gasteiger partial charge in [-0.3, -0.25) is 14.4 Å². The fourth-order valence-electron chi connectivity index (χ4n) is 5.98. The number of likely N-dealkylation sites (tertiary alicyclic amines) is 1. The first-order valence-corrected chi connectivity index (χ1v) is 13.0. The summed E-state index contributed by atoms with van der Waals surface area (Å²) in [5, 5.41) is 2.82. The van der Waals surface area contributed by atoms with Gasteiger partial charge in [-0.2, -0.15) is 13.2 Å². The molecule has 0 radical (unpaired) electrons. The van der Waals surface area contributed by atoms with E-state index >= 15 is 0 Å². The average molecular weight is 546 g/mol. The van der Waals surface area contributed by atoms with Gasteiger partial charge in [0.15, 0.2) is 0 Å². The molecule has 4 aliphatic rings. The van der Waals surface area contributed by atoms with E-state index in [1.807, 2.05) is 0 Å². The summed E-state index contributed by atoms with van der Waals surface area (Å²) >= 11 is 0. The second-order valence-corrected chi connectivity index (χ2v) is 11.1. The molecule has 4 fully saturated rings. The lowest BCUT2D eigenvalue weighted by Gasteiger charge is -2.36. The molecule has 0 unspecified atom stereocenters. The molecule has 0 aromatic heterocycles. The van der Waals surface area contributed by atoms with E-state index < -0.39 is 46.9 Å². The second-order valence-electron chi connectivity index (χ2n) is 11.1. The number of amides is 3. The highest BCUT2D eigenvalue weighted by Gasteiger charge is 2.57. The summed E-state index contributed by atoms with van der Waals surface area (Å²) in [6.45, 7) is 0.441. The Hall–Kier alpha value is -3.47. The fraction of sp³-hybridized carbons (Fsp3) is 0.464. The third-order valence-electron chi connectivity index (χ3n) is 8.62. The maximum atomic E-state index is 14.9. The van der Waals surface area contributed by atoms with Gasteiger partial charge >= 0.3 is 6.18 Å². The molecule has 2 aliphatic carbocycles. The largest absolute Gasteiger partial charge is 0.416 e.